The van der Waals surface area contributed by atoms with E-state index in [-0.39, 0.29) is 0 Å². The fraction of sp³-hybridized carbons (Fsp3) is 0.778. The summed E-state index contributed by atoms with van der Waals surface area (Å²) in [7, 11) is 0. The van der Waals surface area contributed by atoms with Crippen molar-refractivity contribution in [3.05, 3.63) is 29.8 Å². The van der Waals surface area contributed by atoms with Crippen molar-refractivity contribution in [3.8, 4) is 5.75 Å². The van der Waals surface area contributed by atoms with Gasteiger partial charge >= 0.3 is 0 Å². The van der Waals surface area contributed by atoms with Crippen LogP contribution in [0.15, 0.2) is 24.3 Å². The first-order valence-electron chi connectivity index (χ1n) is 12.9. The van der Waals surface area contributed by atoms with Crippen molar-refractivity contribution in [3.63, 3.8) is 0 Å². The van der Waals surface area contributed by atoms with Crippen molar-refractivity contribution in [2.24, 2.45) is 5.92 Å². The average Bonchev–Trinajstić information content (AvgIpc) is 2.78. The lowest BCUT2D eigenvalue weighted by Crippen LogP contribution is -2.47. The van der Waals surface area contributed by atoms with Crippen LogP contribution in [0.1, 0.15) is 89.5 Å². The SMILES string of the molecule is CC(C)(F)Oc1cccc(C(CN2CCC(N3CCCCC3)CC2)C2CCCCC2)c1. The van der Waals surface area contributed by atoms with Gasteiger partial charge in [-0.25, -0.2) is 0 Å². The summed E-state index contributed by atoms with van der Waals surface area (Å²) in [5.41, 5.74) is 1.34. The van der Waals surface area contributed by atoms with E-state index in [2.05, 4.69) is 28.0 Å². The number of ether oxygens (including phenoxy) is 1. The zero-order valence-corrected chi connectivity index (χ0v) is 19.8. The van der Waals surface area contributed by atoms with E-state index in [1.165, 1.54) is 110 Å². The number of likely N-dealkylation sites (tertiary alicyclic amines) is 2. The molecule has 2 aliphatic heterocycles. The third-order valence-corrected chi connectivity index (χ3v) is 7.78. The van der Waals surface area contributed by atoms with Gasteiger partial charge in [-0.15, -0.1) is 0 Å². The topological polar surface area (TPSA) is 15.7 Å². The number of hydrogen-bond acceptors (Lipinski definition) is 3. The summed E-state index contributed by atoms with van der Waals surface area (Å²) in [5.74, 6) is 0.282. The molecule has 2 heterocycles. The Morgan fingerprint density at radius 2 is 1.61 bits per heavy atom. The maximum Gasteiger partial charge on any atom is 0.242 e. The maximum absolute atomic E-state index is 14.1. The number of piperidine rings is 2. The number of rotatable bonds is 7. The van der Waals surface area contributed by atoms with E-state index in [1.54, 1.807) is 0 Å². The van der Waals surface area contributed by atoms with Crippen LogP contribution in [0.3, 0.4) is 0 Å². The second kappa shape index (κ2) is 10.7. The number of halogens is 1. The molecule has 1 atom stereocenters. The van der Waals surface area contributed by atoms with Gasteiger partial charge in [0.1, 0.15) is 5.75 Å². The Kier molecular flexibility index (Phi) is 7.92. The zero-order valence-electron chi connectivity index (χ0n) is 19.8. The average molecular weight is 431 g/mol. The highest BCUT2D eigenvalue weighted by Crippen LogP contribution is 2.38. The quantitative estimate of drug-likeness (QED) is 0.499. The summed E-state index contributed by atoms with van der Waals surface area (Å²) in [6, 6.07) is 9.11. The van der Waals surface area contributed by atoms with Crippen LogP contribution in [0.2, 0.25) is 0 Å². The molecule has 174 valence electrons. The van der Waals surface area contributed by atoms with Gasteiger partial charge in [0.2, 0.25) is 5.85 Å². The molecule has 1 aliphatic carbocycles. The van der Waals surface area contributed by atoms with Gasteiger partial charge in [-0.1, -0.05) is 37.8 Å². The standard InChI is InChI=1S/C27H43FN2O/c1-27(2,28)31-25-13-9-12-23(20-25)26(22-10-5-3-6-11-22)21-29-18-14-24(15-19-29)30-16-7-4-8-17-30/h9,12-13,20,22,24,26H,3-8,10-11,14-19,21H2,1-2H3. The third kappa shape index (κ3) is 6.68. The van der Waals surface area contributed by atoms with Crippen LogP contribution in [0.25, 0.3) is 0 Å². The minimum Gasteiger partial charge on any atom is -0.459 e. The van der Waals surface area contributed by atoms with Crippen molar-refractivity contribution in [2.75, 3.05) is 32.7 Å². The molecule has 1 aromatic rings. The summed E-state index contributed by atoms with van der Waals surface area (Å²) in [5, 5.41) is 0. The first-order valence-corrected chi connectivity index (χ1v) is 12.9. The molecule has 0 bridgehead atoms. The number of hydrogen-bond donors (Lipinski definition) is 0. The molecular formula is C27H43FN2O. The second-order valence-electron chi connectivity index (χ2n) is 10.7. The Labute approximate surface area is 189 Å². The monoisotopic (exact) mass is 430 g/mol. The summed E-state index contributed by atoms with van der Waals surface area (Å²) in [6.07, 6.45) is 13.6. The largest absolute Gasteiger partial charge is 0.459 e. The minimum absolute atomic E-state index is 0.526. The van der Waals surface area contributed by atoms with Crippen LogP contribution in [-0.2, 0) is 0 Å². The van der Waals surface area contributed by atoms with Crippen LogP contribution in [0.4, 0.5) is 4.39 Å². The molecule has 3 fully saturated rings. The van der Waals surface area contributed by atoms with Crippen molar-refractivity contribution < 1.29 is 9.13 Å². The predicted octanol–water partition coefficient (Wildman–Crippen LogP) is 6.39. The molecule has 3 nitrogen and oxygen atoms in total. The highest BCUT2D eigenvalue weighted by Gasteiger charge is 2.31. The molecule has 1 unspecified atom stereocenters. The van der Waals surface area contributed by atoms with Crippen molar-refractivity contribution >= 4 is 0 Å². The van der Waals surface area contributed by atoms with Gasteiger partial charge in [-0.05, 0) is 94.2 Å². The smallest absolute Gasteiger partial charge is 0.242 e. The molecule has 2 saturated heterocycles. The van der Waals surface area contributed by atoms with Gasteiger partial charge in [0.25, 0.3) is 0 Å². The molecule has 0 N–H and O–H groups in total. The fourth-order valence-corrected chi connectivity index (χ4v) is 6.18. The molecule has 3 aliphatic rings. The fourth-order valence-electron chi connectivity index (χ4n) is 6.18. The van der Waals surface area contributed by atoms with E-state index in [0.717, 1.165) is 18.5 Å². The summed E-state index contributed by atoms with van der Waals surface area (Å²) in [4.78, 5) is 5.48. The van der Waals surface area contributed by atoms with Gasteiger partial charge in [0.15, 0.2) is 0 Å². The molecule has 0 spiro atoms. The Morgan fingerprint density at radius 1 is 0.935 bits per heavy atom. The van der Waals surface area contributed by atoms with Crippen molar-refractivity contribution in [1.29, 1.82) is 0 Å². The lowest BCUT2D eigenvalue weighted by molar-refractivity contribution is -0.0258. The van der Waals surface area contributed by atoms with Gasteiger partial charge in [-0.3, -0.25) is 0 Å². The van der Waals surface area contributed by atoms with E-state index in [9.17, 15) is 4.39 Å². The van der Waals surface area contributed by atoms with E-state index >= 15 is 0 Å². The molecular weight excluding hydrogens is 387 g/mol. The highest BCUT2D eigenvalue weighted by molar-refractivity contribution is 5.32. The lowest BCUT2D eigenvalue weighted by Gasteiger charge is -2.42. The van der Waals surface area contributed by atoms with Gasteiger partial charge in [0.05, 0.1) is 0 Å². The molecule has 1 saturated carbocycles. The minimum atomic E-state index is -1.64. The van der Waals surface area contributed by atoms with Crippen LogP contribution < -0.4 is 4.74 Å². The first kappa shape index (κ1) is 23.0. The van der Waals surface area contributed by atoms with Gasteiger partial charge in [-0.2, -0.15) is 4.39 Å². The molecule has 31 heavy (non-hydrogen) atoms. The summed E-state index contributed by atoms with van der Waals surface area (Å²) in [6.45, 7) is 9.16. The Bertz CT molecular complexity index is 668. The van der Waals surface area contributed by atoms with Crippen molar-refractivity contribution in [1.82, 2.24) is 9.80 Å². The van der Waals surface area contributed by atoms with E-state index in [4.69, 9.17) is 4.74 Å². The lowest BCUT2D eigenvalue weighted by atomic mass is 9.76. The molecule has 0 aromatic heterocycles. The number of nitrogens with zero attached hydrogens (tertiary/aromatic N) is 2. The van der Waals surface area contributed by atoms with Crippen LogP contribution in [-0.4, -0.2) is 54.4 Å². The van der Waals surface area contributed by atoms with E-state index < -0.39 is 5.85 Å². The Morgan fingerprint density at radius 3 is 2.29 bits per heavy atom. The van der Waals surface area contributed by atoms with Crippen LogP contribution >= 0.6 is 0 Å². The number of benzene rings is 1. The van der Waals surface area contributed by atoms with Gasteiger partial charge in [0, 0.05) is 26.4 Å². The molecule has 4 rings (SSSR count). The number of alkyl halides is 1. The second-order valence-corrected chi connectivity index (χ2v) is 10.7. The van der Waals surface area contributed by atoms with Gasteiger partial charge < -0.3 is 14.5 Å². The van der Waals surface area contributed by atoms with Crippen LogP contribution in [0.5, 0.6) is 5.75 Å². The normalized spacial score (nSPS) is 24.2. The molecule has 4 heteroatoms. The summed E-state index contributed by atoms with van der Waals surface area (Å²) < 4.78 is 19.7. The molecule has 0 radical (unpaired) electrons. The predicted molar refractivity (Wildman–Crippen MR) is 126 cm³/mol. The third-order valence-electron chi connectivity index (χ3n) is 7.78. The highest BCUT2D eigenvalue weighted by atomic mass is 19.2. The van der Waals surface area contributed by atoms with E-state index in [0.29, 0.717) is 11.7 Å². The van der Waals surface area contributed by atoms with Crippen molar-refractivity contribution in [2.45, 2.75) is 95.9 Å². The summed E-state index contributed by atoms with van der Waals surface area (Å²) >= 11 is 0. The van der Waals surface area contributed by atoms with E-state index in [1.807, 2.05) is 6.07 Å². The Hall–Kier alpha value is -1.13. The van der Waals surface area contributed by atoms with Crippen LogP contribution in [0, 0.1) is 5.92 Å². The maximum atomic E-state index is 14.1. The molecule has 1 aromatic carbocycles. The molecule has 0 amide bonds. The zero-order chi connectivity index (χ0) is 21.7. The Balaban J connectivity index is 1.42. The first-order chi connectivity index (χ1) is 15.0.